The topological polar surface area (TPSA) is 0 Å². The Morgan fingerprint density at radius 1 is 0.526 bits per heavy atom. The quantitative estimate of drug-likeness (QED) is 0.581. The van der Waals surface area contributed by atoms with Gasteiger partial charge in [-0.3, -0.25) is 0 Å². The second kappa shape index (κ2) is 4.99. The smallest absolute Gasteiger partial charge is 0.207 e. The fraction of sp³-hybridized carbons (Fsp3) is 0. The van der Waals surface area contributed by atoms with E-state index in [2.05, 4.69) is 0 Å². The van der Waals surface area contributed by atoms with E-state index in [-0.39, 0.29) is 0 Å². The molecule has 0 aliphatic carbocycles. The van der Waals surface area contributed by atoms with E-state index in [1.807, 2.05) is 0 Å². The molecule has 0 saturated heterocycles. The van der Waals surface area contributed by atoms with E-state index < -0.39 is 45.8 Å². The highest BCUT2D eigenvalue weighted by Gasteiger charge is 2.19. The van der Waals surface area contributed by atoms with Crippen LogP contribution in [0.2, 0.25) is 0 Å². The Labute approximate surface area is 104 Å². The molecule has 1 radical (unpaired) electrons. The zero-order valence-corrected chi connectivity index (χ0v) is 9.15. The lowest BCUT2D eigenvalue weighted by Gasteiger charge is -2.07. The summed E-state index contributed by atoms with van der Waals surface area (Å²) in [6.45, 7) is 0. The van der Waals surface area contributed by atoms with Gasteiger partial charge in [0.25, 0.3) is 0 Å². The lowest BCUT2D eigenvalue weighted by Crippen LogP contribution is -2.36. The van der Waals surface area contributed by atoms with E-state index in [4.69, 9.17) is 0 Å². The minimum absolute atomic E-state index is 0.369. The average molecular weight is 273 g/mol. The Bertz CT molecular complexity index is 539. The first kappa shape index (κ1) is 13.5. The van der Waals surface area contributed by atoms with Crippen LogP contribution in [0.25, 0.3) is 0 Å². The summed E-state index contributed by atoms with van der Waals surface area (Å²) in [5.41, 5.74) is -1.63. The Balaban J connectivity index is 2.48. The van der Waals surface area contributed by atoms with Gasteiger partial charge in [0.05, 0.1) is 0 Å². The van der Waals surface area contributed by atoms with Gasteiger partial charge in [-0.2, -0.15) is 0 Å². The van der Waals surface area contributed by atoms with E-state index in [0.717, 1.165) is 0 Å². The fourth-order valence-electron chi connectivity index (χ4n) is 1.53. The van der Waals surface area contributed by atoms with Crippen molar-refractivity contribution in [3.63, 3.8) is 0 Å². The van der Waals surface area contributed by atoms with Crippen molar-refractivity contribution in [2.24, 2.45) is 0 Å². The van der Waals surface area contributed by atoms with Gasteiger partial charge in [0.1, 0.15) is 34.9 Å². The van der Waals surface area contributed by atoms with Crippen molar-refractivity contribution in [2.45, 2.75) is 0 Å². The van der Waals surface area contributed by atoms with Gasteiger partial charge in [-0.25, -0.2) is 26.3 Å². The number of halogens is 6. The maximum Gasteiger partial charge on any atom is 0.207 e. The Morgan fingerprint density at radius 3 is 1.05 bits per heavy atom. The van der Waals surface area contributed by atoms with Gasteiger partial charge in [-0.15, -0.1) is 0 Å². The summed E-state index contributed by atoms with van der Waals surface area (Å²) >= 11 is 0. The number of hydrogen-bond donors (Lipinski definition) is 0. The van der Waals surface area contributed by atoms with Crippen LogP contribution in [0.1, 0.15) is 0 Å². The maximum atomic E-state index is 13.3. The highest BCUT2D eigenvalue weighted by molar-refractivity contribution is 6.67. The monoisotopic (exact) mass is 273 g/mol. The van der Waals surface area contributed by atoms with Crippen molar-refractivity contribution in [2.75, 3.05) is 0 Å². The molecule has 0 amide bonds. The van der Waals surface area contributed by atoms with Crippen molar-refractivity contribution in [1.29, 1.82) is 0 Å². The third-order valence-corrected chi connectivity index (χ3v) is 2.38. The number of rotatable bonds is 2. The van der Waals surface area contributed by atoms with Crippen LogP contribution in [0.15, 0.2) is 24.3 Å². The zero-order valence-electron chi connectivity index (χ0n) is 9.15. The van der Waals surface area contributed by atoms with Crippen LogP contribution in [0.4, 0.5) is 26.3 Å². The van der Waals surface area contributed by atoms with Gasteiger partial charge in [0.2, 0.25) is 7.28 Å². The van der Waals surface area contributed by atoms with E-state index in [9.17, 15) is 26.3 Å². The van der Waals surface area contributed by atoms with Gasteiger partial charge >= 0.3 is 0 Å². The van der Waals surface area contributed by atoms with Crippen molar-refractivity contribution in [3.05, 3.63) is 59.2 Å². The standard InChI is InChI=1S/C12H4BF6/c14-5-1-7(16)11(8(17)2-5)13-12-9(18)3-6(15)4-10(12)19/h1-4H. The molecule has 0 bridgehead atoms. The van der Waals surface area contributed by atoms with E-state index in [1.54, 1.807) is 0 Å². The highest BCUT2D eigenvalue weighted by atomic mass is 19.2. The SMILES string of the molecule is Fc1cc(F)c([B]c2c(F)cc(F)cc2F)c(F)c1. The molecular formula is C12H4BF6. The van der Waals surface area contributed by atoms with Gasteiger partial charge < -0.3 is 0 Å². The van der Waals surface area contributed by atoms with Crippen molar-refractivity contribution < 1.29 is 26.3 Å². The minimum atomic E-state index is -1.32. The predicted molar refractivity (Wildman–Crippen MR) is 57.7 cm³/mol. The molecule has 0 aliphatic rings. The van der Waals surface area contributed by atoms with Crippen LogP contribution in [-0.2, 0) is 0 Å². The molecule has 7 heteroatoms. The fourth-order valence-corrected chi connectivity index (χ4v) is 1.53. The van der Waals surface area contributed by atoms with Crippen LogP contribution < -0.4 is 10.9 Å². The number of hydrogen-bond acceptors (Lipinski definition) is 0. The molecule has 97 valence electrons. The molecule has 0 N–H and O–H groups in total. The molecule has 0 heterocycles. The third-order valence-electron chi connectivity index (χ3n) is 2.38. The molecule has 0 spiro atoms. The zero-order chi connectivity index (χ0) is 14.2. The molecule has 0 saturated carbocycles. The molecule has 2 rings (SSSR count). The molecule has 0 unspecified atom stereocenters. The van der Waals surface area contributed by atoms with Gasteiger partial charge in [-0.1, -0.05) is 0 Å². The molecule has 2 aromatic carbocycles. The Hall–Kier alpha value is -1.92. The summed E-state index contributed by atoms with van der Waals surface area (Å²) in [6.07, 6.45) is 0. The first-order valence-electron chi connectivity index (χ1n) is 5.02. The molecule has 0 aliphatic heterocycles. The molecule has 0 atom stereocenters. The van der Waals surface area contributed by atoms with Crippen LogP contribution >= 0.6 is 0 Å². The van der Waals surface area contributed by atoms with Crippen LogP contribution in [-0.4, -0.2) is 7.28 Å². The van der Waals surface area contributed by atoms with E-state index in [1.165, 1.54) is 0 Å². The van der Waals surface area contributed by atoms with Gasteiger partial charge in [-0.05, 0) is 10.9 Å². The normalized spacial score (nSPS) is 10.6. The first-order chi connectivity index (χ1) is 8.88. The maximum absolute atomic E-state index is 13.3. The molecule has 2 aromatic rings. The molecular weight excluding hydrogens is 269 g/mol. The second-order valence-electron chi connectivity index (χ2n) is 3.71. The van der Waals surface area contributed by atoms with Crippen molar-refractivity contribution in [1.82, 2.24) is 0 Å². The summed E-state index contributed by atoms with van der Waals surface area (Å²) < 4.78 is 78.6. The lowest BCUT2D eigenvalue weighted by atomic mass is 9.63. The number of benzene rings is 2. The highest BCUT2D eigenvalue weighted by Crippen LogP contribution is 2.07. The third kappa shape index (κ3) is 2.75. The minimum Gasteiger partial charge on any atom is -0.207 e. The summed E-state index contributed by atoms with van der Waals surface area (Å²) in [6, 6.07) is 1.48. The van der Waals surface area contributed by atoms with Gasteiger partial charge in [0.15, 0.2) is 0 Å². The second-order valence-corrected chi connectivity index (χ2v) is 3.71. The summed E-state index contributed by atoms with van der Waals surface area (Å²) in [7, 11) is 0.508. The summed E-state index contributed by atoms with van der Waals surface area (Å²) in [5, 5.41) is 0. The Morgan fingerprint density at radius 2 is 0.789 bits per heavy atom. The molecule has 19 heavy (non-hydrogen) atoms. The molecule has 0 fully saturated rings. The molecule has 0 nitrogen and oxygen atoms in total. The largest absolute Gasteiger partial charge is 0.207 e. The van der Waals surface area contributed by atoms with Crippen LogP contribution in [0.3, 0.4) is 0 Å². The van der Waals surface area contributed by atoms with Gasteiger partial charge in [0, 0.05) is 24.3 Å². The van der Waals surface area contributed by atoms with Crippen LogP contribution in [0, 0.1) is 34.9 Å². The van der Waals surface area contributed by atoms with Crippen molar-refractivity contribution in [3.8, 4) is 0 Å². The molecule has 0 aromatic heterocycles. The average Bonchev–Trinajstić information content (AvgIpc) is 2.25. The first-order valence-corrected chi connectivity index (χ1v) is 5.02. The van der Waals surface area contributed by atoms with E-state index in [0.29, 0.717) is 31.5 Å². The lowest BCUT2D eigenvalue weighted by molar-refractivity contribution is 0.551. The summed E-state index contributed by atoms with van der Waals surface area (Å²) in [5.74, 6) is -7.60. The van der Waals surface area contributed by atoms with E-state index >= 15 is 0 Å². The van der Waals surface area contributed by atoms with Crippen LogP contribution in [0.5, 0.6) is 0 Å². The predicted octanol–water partition coefficient (Wildman–Crippen LogP) is 2.18. The summed E-state index contributed by atoms with van der Waals surface area (Å²) in [4.78, 5) is 0. The van der Waals surface area contributed by atoms with Crippen molar-refractivity contribution >= 4 is 18.2 Å². The Kier molecular flexibility index (Phi) is 3.55.